The molecule has 1 nitrogen and oxygen atoms in total. The van der Waals surface area contributed by atoms with Gasteiger partial charge in [-0.05, 0) is 48.9 Å². The highest BCUT2D eigenvalue weighted by atomic mass is 35.5. The lowest BCUT2D eigenvalue weighted by Gasteiger charge is -2.34. The van der Waals surface area contributed by atoms with Gasteiger partial charge in [0.2, 0.25) is 0 Å². The van der Waals surface area contributed by atoms with Gasteiger partial charge < -0.3 is 5.73 Å². The van der Waals surface area contributed by atoms with Gasteiger partial charge in [-0.25, -0.2) is 4.39 Å². The fourth-order valence-electron chi connectivity index (χ4n) is 2.88. The Balaban J connectivity index is 2.16. The van der Waals surface area contributed by atoms with Crippen molar-refractivity contribution in [2.24, 2.45) is 17.6 Å². The molecule has 0 heterocycles. The average molecular weight is 310 g/mol. The van der Waals surface area contributed by atoms with E-state index < -0.39 is 24.0 Å². The SMILES string of the molecule is NC(c1cc(F)ccc1Cl)C1CCCC(C(F)(F)F)C1. The van der Waals surface area contributed by atoms with Gasteiger partial charge in [0.25, 0.3) is 0 Å². The van der Waals surface area contributed by atoms with E-state index in [-0.39, 0.29) is 18.8 Å². The van der Waals surface area contributed by atoms with Crippen LogP contribution in [0.25, 0.3) is 0 Å². The third-order valence-corrected chi connectivity index (χ3v) is 4.35. The van der Waals surface area contributed by atoms with Crippen molar-refractivity contribution in [2.75, 3.05) is 0 Å². The van der Waals surface area contributed by atoms with Gasteiger partial charge in [-0.3, -0.25) is 0 Å². The summed E-state index contributed by atoms with van der Waals surface area (Å²) in [5.41, 5.74) is 6.41. The van der Waals surface area contributed by atoms with Gasteiger partial charge in [0, 0.05) is 11.1 Å². The molecule has 3 atom stereocenters. The summed E-state index contributed by atoms with van der Waals surface area (Å²) in [7, 11) is 0. The minimum absolute atomic E-state index is 0.0164. The second-order valence-electron chi connectivity index (χ2n) is 5.36. The van der Waals surface area contributed by atoms with Crippen LogP contribution >= 0.6 is 11.6 Å². The van der Waals surface area contributed by atoms with E-state index in [2.05, 4.69) is 0 Å². The molecule has 0 aromatic heterocycles. The normalized spacial score (nSPS) is 25.5. The van der Waals surface area contributed by atoms with Crippen LogP contribution in [0, 0.1) is 17.7 Å². The number of benzene rings is 1. The summed E-state index contributed by atoms with van der Waals surface area (Å²) in [5.74, 6) is -2.13. The van der Waals surface area contributed by atoms with Gasteiger partial charge in [0.1, 0.15) is 5.82 Å². The van der Waals surface area contributed by atoms with Crippen LogP contribution in [0.3, 0.4) is 0 Å². The summed E-state index contributed by atoms with van der Waals surface area (Å²) < 4.78 is 51.6. The maximum atomic E-state index is 13.2. The predicted molar refractivity (Wildman–Crippen MR) is 69.8 cm³/mol. The third-order valence-electron chi connectivity index (χ3n) is 4.00. The number of alkyl halides is 3. The summed E-state index contributed by atoms with van der Waals surface area (Å²) >= 11 is 5.97. The Hall–Kier alpha value is -0.810. The molecule has 0 aliphatic heterocycles. The summed E-state index contributed by atoms with van der Waals surface area (Å²) in [6, 6.07) is 3.14. The van der Waals surface area contributed by atoms with Gasteiger partial charge in [-0.15, -0.1) is 0 Å². The highest BCUT2D eigenvalue weighted by Crippen LogP contribution is 2.44. The number of halogens is 5. The molecular weight excluding hydrogens is 294 g/mol. The molecule has 6 heteroatoms. The second kappa shape index (κ2) is 5.90. The van der Waals surface area contributed by atoms with Gasteiger partial charge >= 0.3 is 6.18 Å². The molecule has 112 valence electrons. The van der Waals surface area contributed by atoms with Crippen LogP contribution in [0.1, 0.15) is 37.3 Å². The summed E-state index contributed by atoms with van der Waals surface area (Å²) in [6.45, 7) is 0. The monoisotopic (exact) mass is 309 g/mol. The fraction of sp³-hybridized carbons (Fsp3) is 0.571. The van der Waals surface area contributed by atoms with Crippen molar-refractivity contribution >= 4 is 11.6 Å². The second-order valence-corrected chi connectivity index (χ2v) is 5.76. The zero-order valence-corrected chi connectivity index (χ0v) is 11.5. The standard InChI is InChI=1S/C14H16ClF4N/c15-12-5-4-10(16)7-11(12)13(20)8-2-1-3-9(6-8)14(17,18)19/h4-5,7-9,13H,1-3,6,20H2. The lowest BCUT2D eigenvalue weighted by atomic mass is 9.76. The van der Waals surface area contributed by atoms with Crippen LogP contribution in [0.2, 0.25) is 5.02 Å². The first kappa shape index (κ1) is 15.6. The molecule has 0 bridgehead atoms. The molecule has 0 radical (unpaired) electrons. The molecule has 1 aromatic carbocycles. The molecule has 1 fully saturated rings. The summed E-state index contributed by atoms with van der Waals surface area (Å²) in [6.07, 6.45) is -2.97. The molecule has 1 saturated carbocycles. The van der Waals surface area contributed by atoms with E-state index in [9.17, 15) is 17.6 Å². The first-order valence-corrected chi connectivity index (χ1v) is 6.94. The van der Waals surface area contributed by atoms with Crippen molar-refractivity contribution < 1.29 is 17.6 Å². The molecular formula is C14H16ClF4N. The molecule has 20 heavy (non-hydrogen) atoms. The van der Waals surface area contributed by atoms with Crippen LogP contribution in [-0.2, 0) is 0 Å². The Bertz CT molecular complexity index is 475. The lowest BCUT2D eigenvalue weighted by Crippen LogP contribution is -2.33. The van der Waals surface area contributed by atoms with Crippen molar-refractivity contribution in [3.63, 3.8) is 0 Å². The predicted octanol–water partition coefficient (Wildman–Crippen LogP) is 4.85. The maximum Gasteiger partial charge on any atom is 0.391 e. The molecule has 1 aromatic rings. The Morgan fingerprint density at radius 1 is 1.25 bits per heavy atom. The van der Waals surface area contributed by atoms with Crippen molar-refractivity contribution in [1.82, 2.24) is 0 Å². The van der Waals surface area contributed by atoms with E-state index in [1.54, 1.807) is 0 Å². The molecule has 2 N–H and O–H groups in total. The highest BCUT2D eigenvalue weighted by Gasteiger charge is 2.43. The van der Waals surface area contributed by atoms with Crippen molar-refractivity contribution in [2.45, 2.75) is 37.9 Å². The lowest BCUT2D eigenvalue weighted by molar-refractivity contribution is -0.186. The van der Waals surface area contributed by atoms with E-state index in [0.29, 0.717) is 23.4 Å². The molecule has 0 saturated heterocycles. The quantitative estimate of drug-likeness (QED) is 0.777. The number of rotatable bonds is 2. The Kier molecular flexibility index (Phi) is 4.59. The van der Waals surface area contributed by atoms with E-state index in [4.69, 9.17) is 17.3 Å². The van der Waals surface area contributed by atoms with Crippen molar-refractivity contribution in [3.05, 3.63) is 34.6 Å². The van der Waals surface area contributed by atoms with Crippen molar-refractivity contribution in [1.29, 1.82) is 0 Å². The van der Waals surface area contributed by atoms with Crippen LogP contribution in [-0.4, -0.2) is 6.18 Å². The Morgan fingerprint density at radius 3 is 2.60 bits per heavy atom. The van der Waals surface area contributed by atoms with Crippen LogP contribution < -0.4 is 5.73 Å². The van der Waals surface area contributed by atoms with Gasteiger partial charge in [0.05, 0.1) is 5.92 Å². The zero-order valence-electron chi connectivity index (χ0n) is 10.8. The summed E-state index contributed by atoms with van der Waals surface area (Å²) in [4.78, 5) is 0. The minimum Gasteiger partial charge on any atom is -0.324 e. The van der Waals surface area contributed by atoms with Gasteiger partial charge in [0.15, 0.2) is 0 Å². The molecule has 3 unspecified atom stereocenters. The van der Waals surface area contributed by atoms with E-state index in [0.717, 1.165) is 0 Å². The first-order valence-electron chi connectivity index (χ1n) is 6.56. The Morgan fingerprint density at radius 2 is 1.95 bits per heavy atom. The number of nitrogens with two attached hydrogens (primary N) is 1. The molecule has 0 amide bonds. The van der Waals surface area contributed by atoms with Gasteiger partial charge in [-0.1, -0.05) is 18.0 Å². The smallest absolute Gasteiger partial charge is 0.324 e. The number of hydrogen-bond acceptors (Lipinski definition) is 1. The van der Waals surface area contributed by atoms with Crippen LogP contribution in [0.15, 0.2) is 18.2 Å². The topological polar surface area (TPSA) is 26.0 Å². The maximum absolute atomic E-state index is 13.2. The number of hydrogen-bond donors (Lipinski definition) is 1. The summed E-state index contributed by atoms with van der Waals surface area (Å²) in [5, 5.41) is 0.299. The largest absolute Gasteiger partial charge is 0.391 e. The van der Waals surface area contributed by atoms with Crippen LogP contribution in [0.5, 0.6) is 0 Å². The molecule has 1 aliphatic rings. The molecule has 1 aliphatic carbocycles. The molecule has 0 spiro atoms. The van der Waals surface area contributed by atoms with Gasteiger partial charge in [-0.2, -0.15) is 13.2 Å². The van der Waals surface area contributed by atoms with E-state index in [1.807, 2.05) is 0 Å². The zero-order chi connectivity index (χ0) is 14.9. The minimum atomic E-state index is -4.19. The fourth-order valence-corrected chi connectivity index (χ4v) is 3.12. The Labute approximate surface area is 120 Å². The third kappa shape index (κ3) is 3.44. The van der Waals surface area contributed by atoms with Crippen molar-refractivity contribution in [3.8, 4) is 0 Å². The highest BCUT2D eigenvalue weighted by molar-refractivity contribution is 6.31. The first-order chi connectivity index (χ1) is 9.29. The van der Waals surface area contributed by atoms with Crippen LogP contribution in [0.4, 0.5) is 17.6 Å². The average Bonchev–Trinajstić information content (AvgIpc) is 2.40. The molecule has 2 rings (SSSR count). The van der Waals surface area contributed by atoms with E-state index >= 15 is 0 Å². The van der Waals surface area contributed by atoms with E-state index in [1.165, 1.54) is 18.2 Å².